The van der Waals surface area contributed by atoms with E-state index in [1.165, 1.54) is 0 Å². The zero-order valence-corrected chi connectivity index (χ0v) is 16.7. The number of hydrogen-bond acceptors (Lipinski definition) is 8. The lowest BCUT2D eigenvalue weighted by molar-refractivity contribution is 0.351. The molecule has 0 fully saturated rings. The van der Waals surface area contributed by atoms with Crippen LogP contribution in [0.15, 0.2) is 36.4 Å². The molecule has 9 nitrogen and oxygen atoms in total. The quantitative estimate of drug-likeness (QED) is 0.679. The zero-order chi connectivity index (χ0) is 20.4. The van der Waals surface area contributed by atoms with Crippen molar-refractivity contribution in [2.24, 2.45) is 0 Å². The van der Waals surface area contributed by atoms with Gasteiger partial charge in [-0.3, -0.25) is 0 Å². The summed E-state index contributed by atoms with van der Waals surface area (Å²) in [7, 11) is 6.49. The third-order valence-corrected chi connectivity index (χ3v) is 5.15. The summed E-state index contributed by atoms with van der Waals surface area (Å²) in [6.07, 6.45) is 0.739. The number of ether oxygens (including phenoxy) is 4. The van der Waals surface area contributed by atoms with E-state index in [-0.39, 0.29) is 12.1 Å². The highest BCUT2D eigenvalue weighted by Crippen LogP contribution is 2.41. The molecule has 0 unspecified atom stereocenters. The first-order valence-electron chi connectivity index (χ1n) is 9.16. The van der Waals surface area contributed by atoms with Gasteiger partial charge in [-0.05, 0) is 52.2 Å². The van der Waals surface area contributed by atoms with E-state index in [9.17, 15) is 0 Å². The van der Waals surface area contributed by atoms with E-state index in [4.69, 9.17) is 18.9 Å². The van der Waals surface area contributed by atoms with Gasteiger partial charge in [0.1, 0.15) is 0 Å². The number of rotatable bonds is 6. The van der Waals surface area contributed by atoms with Gasteiger partial charge in [-0.25, -0.2) is 4.68 Å². The Hall–Kier alpha value is -3.49. The number of nitrogens with zero attached hydrogens (tertiary/aromatic N) is 4. The molecule has 0 aliphatic carbocycles. The summed E-state index contributed by atoms with van der Waals surface area (Å²) in [5, 5.41) is 15.6. The Morgan fingerprint density at radius 3 is 2.03 bits per heavy atom. The van der Waals surface area contributed by atoms with E-state index < -0.39 is 0 Å². The summed E-state index contributed by atoms with van der Waals surface area (Å²) in [6, 6.07) is 11.7. The number of methoxy groups -OCH3 is 4. The minimum Gasteiger partial charge on any atom is -0.493 e. The maximum absolute atomic E-state index is 5.47. The molecule has 0 spiro atoms. The van der Waals surface area contributed by atoms with Gasteiger partial charge in [0.2, 0.25) is 5.95 Å². The molecule has 1 N–H and O–H groups in total. The molecular formula is C20H23N5O4. The summed E-state index contributed by atoms with van der Waals surface area (Å²) in [4.78, 5) is 0. The third kappa shape index (κ3) is 3.39. The van der Waals surface area contributed by atoms with Crippen LogP contribution in [-0.2, 0) is 0 Å². The Morgan fingerprint density at radius 1 is 0.828 bits per heavy atom. The molecule has 1 aliphatic heterocycles. The molecule has 0 amide bonds. The molecule has 0 radical (unpaired) electrons. The summed E-state index contributed by atoms with van der Waals surface area (Å²) in [5.74, 6) is 3.32. The Labute approximate surface area is 168 Å². The number of anilines is 1. The minimum absolute atomic E-state index is 0.00796. The highest BCUT2D eigenvalue weighted by molar-refractivity contribution is 5.48. The van der Waals surface area contributed by atoms with Crippen LogP contribution in [-0.4, -0.2) is 48.6 Å². The molecule has 2 heterocycles. The van der Waals surface area contributed by atoms with Crippen molar-refractivity contribution in [1.82, 2.24) is 20.2 Å². The number of benzene rings is 2. The monoisotopic (exact) mass is 397 g/mol. The Morgan fingerprint density at radius 2 is 1.41 bits per heavy atom. The molecular weight excluding hydrogens is 374 g/mol. The second-order valence-electron chi connectivity index (χ2n) is 6.62. The molecule has 2 atom stereocenters. The van der Waals surface area contributed by atoms with Crippen molar-refractivity contribution in [3.05, 3.63) is 47.5 Å². The highest BCUT2D eigenvalue weighted by Gasteiger charge is 2.31. The van der Waals surface area contributed by atoms with Gasteiger partial charge in [0.15, 0.2) is 23.0 Å². The van der Waals surface area contributed by atoms with E-state index in [1.54, 1.807) is 33.1 Å². The van der Waals surface area contributed by atoms with E-state index in [1.807, 2.05) is 36.4 Å². The van der Waals surface area contributed by atoms with Crippen LogP contribution in [0.3, 0.4) is 0 Å². The number of fused-ring (bicyclic) bond motifs is 1. The van der Waals surface area contributed by atoms with Crippen LogP contribution >= 0.6 is 0 Å². The SMILES string of the molecule is COc1ccc([C@@H]2C[C@@H](c3ccc(OC)c(OC)c3)n3nnnc3N2)cc1OC. The van der Waals surface area contributed by atoms with Gasteiger partial charge in [0.05, 0.1) is 40.5 Å². The molecule has 29 heavy (non-hydrogen) atoms. The average Bonchev–Trinajstić information content (AvgIpc) is 3.26. The van der Waals surface area contributed by atoms with Gasteiger partial charge in [-0.2, -0.15) is 0 Å². The van der Waals surface area contributed by atoms with Gasteiger partial charge < -0.3 is 24.3 Å². The smallest absolute Gasteiger partial charge is 0.243 e. The summed E-state index contributed by atoms with van der Waals surface area (Å²) in [6.45, 7) is 0. The Kier molecular flexibility index (Phi) is 5.11. The van der Waals surface area contributed by atoms with Crippen LogP contribution in [0.5, 0.6) is 23.0 Å². The normalized spacial score (nSPS) is 17.8. The van der Waals surface area contributed by atoms with E-state index in [0.29, 0.717) is 28.9 Å². The second-order valence-corrected chi connectivity index (χ2v) is 6.62. The lowest BCUT2D eigenvalue weighted by Gasteiger charge is -2.31. The maximum atomic E-state index is 5.47. The van der Waals surface area contributed by atoms with Gasteiger partial charge in [-0.1, -0.05) is 17.2 Å². The molecule has 0 saturated heterocycles. The van der Waals surface area contributed by atoms with Crippen molar-refractivity contribution in [2.75, 3.05) is 33.8 Å². The van der Waals surface area contributed by atoms with Gasteiger partial charge in [0.25, 0.3) is 0 Å². The van der Waals surface area contributed by atoms with E-state index in [0.717, 1.165) is 17.5 Å². The van der Waals surface area contributed by atoms with Crippen LogP contribution in [0.1, 0.15) is 29.6 Å². The number of aromatic nitrogens is 4. The van der Waals surface area contributed by atoms with Crippen molar-refractivity contribution < 1.29 is 18.9 Å². The largest absolute Gasteiger partial charge is 0.493 e. The predicted octanol–water partition coefficient (Wildman–Crippen LogP) is 2.85. The lowest BCUT2D eigenvalue weighted by Crippen LogP contribution is -2.28. The van der Waals surface area contributed by atoms with Crippen LogP contribution in [0.4, 0.5) is 5.95 Å². The van der Waals surface area contributed by atoms with E-state index >= 15 is 0 Å². The van der Waals surface area contributed by atoms with E-state index in [2.05, 4.69) is 20.8 Å². The van der Waals surface area contributed by atoms with Gasteiger partial charge in [0, 0.05) is 0 Å². The van der Waals surface area contributed by atoms with Gasteiger partial charge in [-0.15, -0.1) is 0 Å². The number of tetrazole rings is 1. The first-order valence-corrected chi connectivity index (χ1v) is 9.16. The average molecular weight is 397 g/mol. The number of nitrogens with one attached hydrogen (secondary N) is 1. The van der Waals surface area contributed by atoms with Crippen LogP contribution in [0, 0.1) is 0 Å². The second kappa shape index (κ2) is 7.86. The third-order valence-electron chi connectivity index (χ3n) is 5.15. The Balaban J connectivity index is 1.72. The summed E-state index contributed by atoms with van der Waals surface area (Å²) < 4.78 is 23.4. The Bertz CT molecular complexity index is 1010. The number of hydrogen-bond donors (Lipinski definition) is 1. The predicted molar refractivity (Wildman–Crippen MR) is 106 cm³/mol. The molecule has 152 valence electrons. The fraction of sp³-hybridized carbons (Fsp3) is 0.350. The molecule has 3 aromatic rings. The highest BCUT2D eigenvalue weighted by atomic mass is 16.5. The molecule has 0 bridgehead atoms. The zero-order valence-electron chi connectivity index (χ0n) is 16.7. The minimum atomic E-state index is -0.0702. The molecule has 9 heteroatoms. The van der Waals surface area contributed by atoms with Gasteiger partial charge >= 0.3 is 0 Å². The summed E-state index contributed by atoms with van der Waals surface area (Å²) >= 11 is 0. The lowest BCUT2D eigenvalue weighted by atomic mass is 9.93. The summed E-state index contributed by atoms with van der Waals surface area (Å²) in [5.41, 5.74) is 2.09. The van der Waals surface area contributed by atoms with Crippen LogP contribution in [0.2, 0.25) is 0 Å². The molecule has 2 aromatic carbocycles. The topological polar surface area (TPSA) is 92.6 Å². The van der Waals surface area contributed by atoms with Crippen molar-refractivity contribution >= 4 is 5.95 Å². The van der Waals surface area contributed by atoms with Crippen molar-refractivity contribution in [3.8, 4) is 23.0 Å². The fourth-order valence-electron chi connectivity index (χ4n) is 3.66. The van der Waals surface area contributed by atoms with Crippen LogP contribution in [0.25, 0.3) is 0 Å². The van der Waals surface area contributed by atoms with Crippen LogP contribution < -0.4 is 24.3 Å². The van der Waals surface area contributed by atoms with Crippen molar-refractivity contribution in [2.45, 2.75) is 18.5 Å². The fourth-order valence-corrected chi connectivity index (χ4v) is 3.66. The van der Waals surface area contributed by atoms with Crippen molar-refractivity contribution in [3.63, 3.8) is 0 Å². The first-order chi connectivity index (χ1) is 14.2. The molecule has 1 aromatic heterocycles. The maximum Gasteiger partial charge on any atom is 0.243 e. The first kappa shape index (κ1) is 18.9. The standard InChI is InChI=1S/C20H23N5O4/c1-26-16-7-5-12(9-18(16)28-3)14-11-15(25-20(21-14)22-23-24-25)13-6-8-17(27-2)19(10-13)29-4/h5-10,14-15H,11H2,1-4H3,(H,21,22,24)/t14-,15-/m0/s1. The van der Waals surface area contributed by atoms with Crippen molar-refractivity contribution in [1.29, 1.82) is 0 Å². The molecule has 0 saturated carbocycles. The molecule has 1 aliphatic rings. The molecule has 4 rings (SSSR count).